The van der Waals surface area contributed by atoms with Crippen LogP contribution in [0.3, 0.4) is 0 Å². The molecule has 0 bridgehead atoms. The molecule has 0 aromatic heterocycles. The minimum Gasteiger partial charge on any atom is -0.460 e. The lowest BCUT2D eigenvalue weighted by Crippen LogP contribution is -2.17. The van der Waals surface area contributed by atoms with E-state index in [9.17, 15) is 9.59 Å². The van der Waals surface area contributed by atoms with Crippen molar-refractivity contribution in [2.75, 3.05) is 0 Å². The summed E-state index contributed by atoms with van der Waals surface area (Å²) in [7, 11) is 0. The molecule has 1 aliphatic carbocycles. The van der Waals surface area contributed by atoms with E-state index in [1.165, 1.54) is 0 Å². The minimum absolute atomic E-state index is 0.268. The van der Waals surface area contributed by atoms with E-state index in [1.807, 2.05) is 6.07 Å². The number of carbonyl (C=O) groups is 2. The molecule has 0 aliphatic heterocycles. The van der Waals surface area contributed by atoms with Crippen LogP contribution < -0.4 is 0 Å². The fraction of sp³-hybridized carbons (Fsp3) is 0.286. The Hall–Kier alpha value is -2.10. The van der Waals surface area contributed by atoms with Crippen molar-refractivity contribution in [3.8, 4) is 0 Å². The lowest BCUT2D eigenvalue weighted by atomic mass is 10.2. The third-order valence-corrected chi connectivity index (χ3v) is 2.93. The van der Waals surface area contributed by atoms with Crippen molar-refractivity contribution in [3.63, 3.8) is 0 Å². The predicted molar refractivity (Wildman–Crippen MR) is 65.0 cm³/mol. The predicted octanol–water partition coefficient (Wildman–Crippen LogP) is 2.10. The van der Waals surface area contributed by atoms with E-state index >= 15 is 0 Å². The monoisotopic (exact) mass is 246 g/mol. The Morgan fingerprint density at radius 1 is 1.33 bits per heavy atom. The smallest absolute Gasteiger partial charge is 0.338 e. The maximum absolute atomic E-state index is 11.8. The molecular weight excluding hydrogens is 232 g/mol. The summed E-state index contributed by atoms with van der Waals surface area (Å²) in [5.74, 6) is -0.361. The largest absolute Gasteiger partial charge is 0.460 e. The van der Waals surface area contributed by atoms with Gasteiger partial charge in [-0.1, -0.05) is 24.8 Å². The molecular formula is C14H14O4. The molecule has 0 amide bonds. The Morgan fingerprint density at radius 2 is 2.06 bits per heavy atom. The third kappa shape index (κ3) is 2.77. The number of hydrogen-bond donors (Lipinski definition) is 0. The summed E-state index contributed by atoms with van der Waals surface area (Å²) >= 11 is 0. The second-order valence-corrected chi connectivity index (χ2v) is 4.21. The lowest BCUT2D eigenvalue weighted by molar-refractivity contribution is -0.132. The van der Waals surface area contributed by atoms with E-state index in [1.54, 1.807) is 24.3 Å². The molecule has 1 aliphatic rings. The van der Waals surface area contributed by atoms with Gasteiger partial charge in [-0.15, -0.1) is 0 Å². The van der Waals surface area contributed by atoms with E-state index in [4.69, 9.17) is 9.47 Å². The molecule has 4 heteroatoms. The van der Waals surface area contributed by atoms with Crippen LogP contribution in [-0.2, 0) is 14.3 Å². The first-order valence-electron chi connectivity index (χ1n) is 5.73. The van der Waals surface area contributed by atoms with E-state index < -0.39 is 0 Å². The number of esters is 1. The average Bonchev–Trinajstić information content (AvgIpc) is 2.71. The summed E-state index contributed by atoms with van der Waals surface area (Å²) in [4.78, 5) is 22.1. The van der Waals surface area contributed by atoms with Crippen LogP contribution in [0.15, 0.2) is 42.5 Å². The van der Waals surface area contributed by atoms with Crippen LogP contribution in [0.1, 0.15) is 23.2 Å². The molecule has 0 N–H and O–H groups in total. The highest BCUT2D eigenvalue weighted by atomic mass is 16.6. The molecule has 2 rings (SSSR count). The van der Waals surface area contributed by atoms with Crippen molar-refractivity contribution >= 4 is 12.4 Å². The topological polar surface area (TPSA) is 52.6 Å². The fourth-order valence-electron chi connectivity index (χ4n) is 2.01. The Bertz CT molecular complexity index is 452. The second kappa shape index (κ2) is 5.49. The number of benzene rings is 1. The molecule has 1 fully saturated rings. The maximum Gasteiger partial charge on any atom is 0.338 e. The molecule has 18 heavy (non-hydrogen) atoms. The highest BCUT2D eigenvalue weighted by Crippen LogP contribution is 2.29. The maximum atomic E-state index is 11.8. The summed E-state index contributed by atoms with van der Waals surface area (Å²) in [5, 5.41) is 0. The van der Waals surface area contributed by atoms with E-state index in [0.717, 1.165) is 5.57 Å². The van der Waals surface area contributed by atoms with Gasteiger partial charge in [0.1, 0.15) is 12.2 Å². The van der Waals surface area contributed by atoms with Gasteiger partial charge in [-0.25, -0.2) is 4.79 Å². The fourth-order valence-corrected chi connectivity index (χ4v) is 2.01. The first-order valence-corrected chi connectivity index (χ1v) is 5.73. The van der Waals surface area contributed by atoms with E-state index in [2.05, 4.69) is 6.58 Å². The molecule has 94 valence electrons. The quantitative estimate of drug-likeness (QED) is 0.464. The van der Waals surface area contributed by atoms with Crippen LogP contribution in [0.2, 0.25) is 0 Å². The van der Waals surface area contributed by atoms with Crippen LogP contribution in [0.25, 0.3) is 0 Å². The molecule has 1 aromatic rings. The van der Waals surface area contributed by atoms with Crippen LogP contribution in [-0.4, -0.2) is 24.6 Å². The van der Waals surface area contributed by atoms with Crippen LogP contribution in [0.4, 0.5) is 0 Å². The van der Waals surface area contributed by atoms with E-state index in [-0.39, 0.29) is 18.2 Å². The summed E-state index contributed by atoms with van der Waals surface area (Å²) in [5.41, 5.74) is 1.30. The number of ether oxygens (including phenoxy) is 2. The van der Waals surface area contributed by atoms with Gasteiger partial charge in [0.05, 0.1) is 5.56 Å². The van der Waals surface area contributed by atoms with Crippen molar-refractivity contribution in [1.29, 1.82) is 0 Å². The van der Waals surface area contributed by atoms with Gasteiger partial charge in [0, 0.05) is 12.8 Å². The van der Waals surface area contributed by atoms with Crippen molar-refractivity contribution < 1.29 is 19.1 Å². The molecule has 0 radical (unpaired) electrons. The van der Waals surface area contributed by atoms with Gasteiger partial charge in [0.15, 0.2) is 0 Å². The van der Waals surface area contributed by atoms with Gasteiger partial charge >= 0.3 is 5.97 Å². The Labute approximate surface area is 105 Å². The van der Waals surface area contributed by atoms with Crippen molar-refractivity contribution in [2.45, 2.75) is 25.0 Å². The van der Waals surface area contributed by atoms with Crippen molar-refractivity contribution in [1.82, 2.24) is 0 Å². The van der Waals surface area contributed by atoms with Crippen molar-refractivity contribution in [2.24, 2.45) is 0 Å². The lowest BCUT2D eigenvalue weighted by Gasteiger charge is -2.11. The van der Waals surface area contributed by atoms with Gasteiger partial charge in [-0.05, 0) is 17.7 Å². The summed E-state index contributed by atoms with van der Waals surface area (Å²) in [6, 6.07) is 8.80. The van der Waals surface area contributed by atoms with Crippen molar-refractivity contribution in [3.05, 3.63) is 48.0 Å². The zero-order chi connectivity index (χ0) is 13.0. The SMILES string of the molecule is C=C1C[C@@H](OC(=O)c2ccccc2)C[C@H]1OC=O. The van der Waals surface area contributed by atoms with Crippen LogP contribution in [0, 0.1) is 0 Å². The molecule has 0 heterocycles. The Balaban J connectivity index is 1.94. The molecule has 1 aromatic carbocycles. The summed E-state index contributed by atoms with van der Waals surface area (Å²) in [6.45, 7) is 4.21. The Morgan fingerprint density at radius 3 is 2.72 bits per heavy atom. The Kier molecular flexibility index (Phi) is 3.77. The van der Waals surface area contributed by atoms with Gasteiger partial charge < -0.3 is 9.47 Å². The van der Waals surface area contributed by atoms with Crippen LogP contribution >= 0.6 is 0 Å². The minimum atomic E-state index is -0.361. The molecule has 2 atom stereocenters. The van der Waals surface area contributed by atoms with Gasteiger partial charge in [-0.3, -0.25) is 4.79 Å². The molecule has 1 saturated carbocycles. The number of hydrogen-bond acceptors (Lipinski definition) is 4. The highest BCUT2D eigenvalue weighted by Gasteiger charge is 2.32. The zero-order valence-electron chi connectivity index (χ0n) is 9.87. The highest BCUT2D eigenvalue weighted by molar-refractivity contribution is 5.89. The third-order valence-electron chi connectivity index (χ3n) is 2.93. The second-order valence-electron chi connectivity index (χ2n) is 4.21. The molecule has 0 unspecified atom stereocenters. The first kappa shape index (κ1) is 12.4. The standard InChI is InChI=1S/C14H14O4/c1-10-7-12(8-13(10)17-9-15)18-14(16)11-5-3-2-4-6-11/h2-6,9,12-13H,1,7-8H2/t12-,13-/m1/s1. The summed E-state index contributed by atoms with van der Waals surface area (Å²) in [6.07, 6.45) is 0.416. The first-order chi connectivity index (χ1) is 8.70. The van der Waals surface area contributed by atoms with Crippen LogP contribution in [0.5, 0.6) is 0 Å². The van der Waals surface area contributed by atoms with Gasteiger partial charge in [-0.2, -0.15) is 0 Å². The zero-order valence-corrected chi connectivity index (χ0v) is 9.87. The van der Waals surface area contributed by atoms with Gasteiger partial charge in [0.25, 0.3) is 6.47 Å². The molecule has 4 nitrogen and oxygen atoms in total. The normalized spacial score (nSPS) is 22.6. The van der Waals surface area contributed by atoms with Gasteiger partial charge in [0.2, 0.25) is 0 Å². The number of carbonyl (C=O) groups excluding carboxylic acids is 2. The van der Waals surface area contributed by atoms with E-state index in [0.29, 0.717) is 24.9 Å². The molecule has 0 spiro atoms. The summed E-state index contributed by atoms with van der Waals surface area (Å²) < 4.78 is 10.2. The molecule has 0 saturated heterocycles. The number of rotatable bonds is 4. The average molecular weight is 246 g/mol.